The second-order valence-corrected chi connectivity index (χ2v) is 3.25. The quantitative estimate of drug-likeness (QED) is 0.741. The number of nitrogens with one attached hydrogen (secondary N) is 2. The minimum Gasteiger partial charge on any atom is -0.394 e. The van der Waals surface area contributed by atoms with Crippen molar-refractivity contribution in [3.8, 4) is 0 Å². The molecule has 17 heavy (non-hydrogen) atoms. The number of rotatable bonds is 2. The summed E-state index contributed by atoms with van der Waals surface area (Å²) in [7, 11) is 0. The van der Waals surface area contributed by atoms with Gasteiger partial charge in [-0.25, -0.2) is 8.78 Å². The highest BCUT2D eigenvalue weighted by Gasteiger charge is 2.18. The third kappa shape index (κ3) is 2.07. The van der Waals surface area contributed by atoms with Gasteiger partial charge in [-0.3, -0.25) is 9.89 Å². The molecular weight excluding hydrogens is 230 g/mol. The molecule has 1 heterocycles. The Morgan fingerprint density at radius 2 is 2.00 bits per heavy atom. The molecular formula is C10H8F2N4O. The van der Waals surface area contributed by atoms with E-state index in [1.54, 1.807) is 0 Å². The highest BCUT2D eigenvalue weighted by Crippen LogP contribution is 2.17. The number of aromatic nitrogens is 2. The summed E-state index contributed by atoms with van der Waals surface area (Å²) in [6, 6.07) is 3.16. The van der Waals surface area contributed by atoms with Gasteiger partial charge in [0.25, 0.3) is 5.91 Å². The number of nitrogens with zero attached hydrogens (tertiary/aromatic N) is 1. The fourth-order valence-electron chi connectivity index (χ4n) is 1.29. The van der Waals surface area contributed by atoms with E-state index in [9.17, 15) is 13.6 Å². The minimum absolute atomic E-state index is 0.0950. The number of nitrogens with two attached hydrogens (primary N) is 1. The van der Waals surface area contributed by atoms with Crippen LogP contribution < -0.4 is 11.1 Å². The Hall–Kier alpha value is -2.44. The van der Waals surface area contributed by atoms with Gasteiger partial charge in [-0.1, -0.05) is 6.07 Å². The monoisotopic (exact) mass is 238 g/mol. The zero-order valence-corrected chi connectivity index (χ0v) is 8.50. The average molecular weight is 238 g/mol. The van der Waals surface area contributed by atoms with Crippen molar-refractivity contribution in [3.05, 3.63) is 41.6 Å². The second kappa shape index (κ2) is 4.20. The summed E-state index contributed by atoms with van der Waals surface area (Å²) in [5.74, 6) is -2.73. The number of hydrogen-bond acceptors (Lipinski definition) is 3. The fraction of sp³-hybridized carbons (Fsp3) is 0. The standard InChI is InChI=1S/C10H8F2N4O/c11-5-2-1-3-6(12)8(5)10(17)15-9-7(13)4-14-16-9/h1-4H,13H2,(H2,14,15,16,17). The van der Waals surface area contributed by atoms with Crippen molar-refractivity contribution in [2.45, 2.75) is 0 Å². The maximum Gasteiger partial charge on any atom is 0.262 e. The maximum atomic E-state index is 13.3. The smallest absolute Gasteiger partial charge is 0.262 e. The fourth-order valence-corrected chi connectivity index (χ4v) is 1.29. The van der Waals surface area contributed by atoms with E-state index < -0.39 is 23.1 Å². The molecule has 1 aromatic carbocycles. The first kappa shape index (κ1) is 11.1. The number of carbonyl (C=O) groups excluding carboxylic acids is 1. The Kier molecular flexibility index (Phi) is 2.73. The van der Waals surface area contributed by atoms with Crippen molar-refractivity contribution in [1.29, 1.82) is 0 Å². The Bertz CT molecular complexity index is 547. The molecule has 88 valence electrons. The summed E-state index contributed by atoms with van der Waals surface area (Å²) in [5.41, 5.74) is 4.96. The van der Waals surface area contributed by atoms with Gasteiger partial charge in [0, 0.05) is 0 Å². The Labute approximate surface area is 94.6 Å². The number of amides is 1. The number of hydrogen-bond donors (Lipinski definition) is 3. The molecule has 1 aromatic heterocycles. The van der Waals surface area contributed by atoms with Crippen molar-refractivity contribution < 1.29 is 13.6 Å². The normalized spacial score (nSPS) is 10.2. The molecule has 0 aliphatic rings. The summed E-state index contributed by atoms with van der Waals surface area (Å²) in [5, 5.41) is 8.18. The van der Waals surface area contributed by atoms with Crippen molar-refractivity contribution in [2.75, 3.05) is 11.1 Å². The number of nitrogen functional groups attached to an aromatic ring is 1. The van der Waals surface area contributed by atoms with Gasteiger partial charge in [-0.15, -0.1) is 0 Å². The van der Waals surface area contributed by atoms with Gasteiger partial charge in [0.1, 0.15) is 17.2 Å². The van der Waals surface area contributed by atoms with Crippen LogP contribution in [0.25, 0.3) is 0 Å². The molecule has 0 aliphatic heterocycles. The number of aromatic amines is 1. The minimum atomic E-state index is -0.944. The molecule has 0 aliphatic carbocycles. The number of carbonyl (C=O) groups is 1. The number of anilines is 2. The molecule has 0 atom stereocenters. The Balaban J connectivity index is 2.30. The van der Waals surface area contributed by atoms with E-state index in [-0.39, 0.29) is 11.5 Å². The average Bonchev–Trinajstić information content (AvgIpc) is 2.64. The molecule has 0 fully saturated rings. The van der Waals surface area contributed by atoms with Gasteiger partial charge < -0.3 is 11.1 Å². The highest BCUT2D eigenvalue weighted by atomic mass is 19.1. The van der Waals surface area contributed by atoms with Gasteiger partial charge >= 0.3 is 0 Å². The molecule has 0 bridgehead atoms. The van der Waals surface area contributed by atoms with Crippen LogP contribution in [-0.4, -0.2) is 16.1 Å². The largest absolute Gasteiger partial charge is 0.394 e. The van der Waals surface area contributed by atoms with Crippen LogP contribution in [-0.2, 0) is 0 Å². The Morgan fingerprint density at radius 1 is 1.35 bits per heavy atom. The molecule has 0 saturated carbocycles. The third-order valence-electron chi connectivity index (χ3n) is 2.10. The molecule has 0 radical (unpaired) electrons. The number of benzene rings is 1. The zero-order valence-electron chi connectivity index (χ0n) is 8.50. The molecule has 0 spiro atoms. The topological polar surface area (TPSA) is 83.8 Å². The van der Waals surface area contributed by atoms with Crippen LogP contribution >= 0.6 is 0 Å². The van der Waals surface area contributed by atoms with Gasteiger partial charge in [0.2, 0.25) is 0 Å². The van der Waals surface area contributed by atoms with E-state index in [4.69, 9.17) is 5.73 Å². The van der Waals surface area contributed by atoms with Crippen LogP contribution in [0.1, 0.15) is 10.4 Å². The highest BCUT2D eigenvalue weighted by molar-refractivity contribution is 6.05. The van der Waals surface area contributed by atoms with Crippen molar-refractivity contribution in [1.82, 2.24) is 10.2 Å². The van der Waals surface area contributed by atoms with Crippen LogP contribution in [0.15, 0.2) is 24.4 Å². The molecule has 7 heteroatoms. The summed E-state index contributed by atoms with van der Waals surface area (Å²) in [6.07, 6.45) is 1.27. The van der Waals surface area contributed by atoms with Crippen LogP contribution in [0.2, 0.25) is 0 Å². The molecule has 2 aromatic rings. The first-order valence-corrected chi connectivity index (χ1v) is 4.64. The summed E-state index contributed by atoms with van der Waals surface area (Å²) < 4.78 is 26.5. The summed E-state index contributed by atoms with van der Waals surface area (Å²) >= 11 is 0. The van der Waals surface area contributed by atoms with Crippen molar-refractivity contribution >= 4 is 17.4 Å². The predicted octanol–water partition coefficient (Wildman–Crippen LogP) is 1.52. The molecule has 0 saturated heterocycles. The van der Waals surface area contributed by atoms with Crippen molar-refractivity contribution in [3.63, 3.8) is 0 Å². The molecule has 1 amide bonds. The first-order valence-electron chi connectivity index (χ1n) is 4.64. The number of halogens is 2. The Morgan fingerprint density at radius 3 is 2.53 bits per heavy atom. The molecule has 4 N–H and O–H groups in total. The lowest BCUT2D eigenvalue weighted by Crippen LogP contribution is -2.16. The predicted molar refractivity (Wildman–Crippen MR) is 57.3 cm³/mol. The molecule has 0 unspecified atom stereocenters. The van der Waals surface area contributed by atoms with Gasteiger partial charge in [0.05, 0.1) is 11.9 Å². The van der Waals surface area contributed by atoms with Gasteiger partial charge in [-0.05, 0) is 12.1 Å². The first-order chi connectivity index (χ1) is 8.09. The van der Waals surface area contributed by atoms with E-state index in [1.165, 1.54) is 12.3 Å². The van der Waals surface area contributed by atoms with E-state index >= 15 is 0 Å². The maximum absolute atomic E-state index is 13.3. The summed E-state index contributed by atoms with van der Waals surface area (Å²) in [4.78, 5) is 11.6. The number of H-pyrrole nitrogens is 1. The van der Waals surface area contributed by atoms with Crippen molar-refractivity contribution in [2.24, 2.45) is 0 Å². The van der Waals surface area contributed by atoms with E-state index in [2.05, 4.69) is 15.5 Å². The molecule has 5 nitrogen and oxygen atoms in total. The lowest BCUT2D eigenvalue weighted by atomic mass is 10.2. The SMILES string of the molecule is Nc1cn[nH]c1NC(=O)c1c(F)cccc1F. The van der Waals surface area contributed by atoms with E-state index in [0.29, 0.717) is 0 Å². The lowest BCUT2D eigenvalue weighted by Gasteiger charge is -2.05. The van der Waals surface area contributed by atoms with E-state index in [1.807, 2.05) is 0 Å². The lowest BCUT2D eigenvalue weighted by molar-refractivity contribution is 0.101. The zero-order chi connectivity index (χ0) is 12.4. The van der Waals surface area contributed by atoms with Crippen LogP contribution in [0.4, 0.5) is 20.3 Å². The van der Waals surface area contributed by atoms with Crippen LogP contribution in [0, 0.1) is 11.6 Å². The van der Waals surface area contributed by atoms with Crippen LogP contribution in [0.5, 0.6) is 0 Å². The third-order valence-corrected chi connectivity index (χ3v) is 2.10. The second-order valence-electron chi connectivity index (χ2n) is 3.25. The van der Waals surface area contributed by atoms with Gasteiger partial charge in [0.15, 0.2) is 5.82 Å². The molecule has 2 rings (SSSR count). The van der Waals surface area contributed by atoms with Crippen LogP contribution in [0.3, 0.4) is 0 Å². The van der Waals surface area contributed by atoms with Gasteiger partial charge in [-0.2, -0.15) is 5.10 Å². The summed E-state index contributed by atoms with van der Waals surface area (Å²) in [6.45, 7) is 0. The van der Waals surface area contributed by atoms with E-state index in [0.717, 1.165) is 12.1 Å².